The Bertz CT molecular complexity index is 540. The number of benzene rings is 2. The van der Waals surface area contributed by atoms with Gasteiger partial charge >= 0.3 is 0 Å². The van der Waals surface area contributed by atoms with E-state index >= 15 is 0 Å². The normalized spacial score (nSPS) is 10.3. The molecule has 0 radical (unpaired) electrons. The van der Waals surface area contributed by atoms with Gasteiger partial charge in [0.05, 0.1) is 7.11 Å². The Morgan fingerprint density at radius 2 is 1.84 bits per heavy atom. The molecule has 4 heteroatoms. The highest BCUT2D eigenvalue weighted by Crippen LogP contribution is 2.25. The summed E-state index contributed by atoms with van der Waals surface area (Å²) in [6.45, 7) is 0.753. The lowest BCUT2D eigenvalue weighted by atomic mass is 10.2. The SMILES string of the molecule is COc1ccc(CN)c(OCc2ccc(F)cc2)c1. The first-order valence-electron chi connectivity index (χ1n) is 5.97. The maximum atomic E-state index is 12.8. The minimum Gasteiger partial charge on any atom is -0.497 e. The molecule has 2 aromatic carbocycles. The van der Waals surface area contributed by atoms with Crippen molar-refractivity contribution in [2.75, 3.05) is 7.11 Å². The lowest BCUT2D eigenvalue weighted by Gasteiger charge is -2.12. The van der Waals surface area contributed by atoms with Crippen molar-refractivity contribution in [2.24, 2.45) is 5.73 Å². The summed E-state index contributed by atoms with van der Waals surface area (Å²) in [6, 6.07) is 11.7. The quantitative estimate of drug-likeness (QED) is 0.900. The van der Waals surface area contributed by atoms with Crippen molar-refractivity contribution >= 4 is 0 Å². The first kappa shape index (κ1) is 13.4. The summed E-state index contributed by atoms with van der Waals surface area (Å²) in [5.41, 5.74) is 7.46. The Labute approximate surface area is 111 Å². The van der Waals surface area contributed by atoms with Crippen LogP contribution >= 0.6 is 0 Å². The first-order valence-corrected chi connectivity index (χ1v) is 5.97. The standard InChI is InChI=1S/C15H16FNO2/c1-18-14-7-4-12(9-17)15(8-14)19-10-11-2-5-13(16)6-3-11/h2-8H,9-10,17H2,1H3. The summed E-state index contributed by atoms with van der Waals surface area (Å²) in [5, 5.41) is 0. The van der Waals surface area contributed by atoms with Crippen molar-refractivity contribution < 1.29 is 13.9 Å². The number of ether oxygens (including phenoxy) is 2. The van der Waals surface area contributed by atoms with Crippen molar-refractivity contribution in [1.29, 1.82) is 0 Å². The largest absolute Gasteiger partial charge is 0.497 e. The fourth-order valence-electron chi connectivity index (χ4n) is 1.71. The van der Waals surface area contributed by atoms with Crippen molar-refractivity contribution in [1.82, 2.24) is 0 Å². The van der Waals surface area contributed by atoms with Crippen LogP contribution in [0.1, 0.15) is 11.1 Å². The van der Waals surface area contributed by atoms with Crippen LogP contribution in [0.25, 0.3) is 0 Å². The Morgan fingerprint density at radius 1 is 1.11 bits per heavy atom. The molecule has 0 aromatic heterocycles. The van der Waals surface area contributed by atoms with Gasteiger partial charge in [-0.2, -0.15) is 0 Å². The lowest BCUT2D eigenvalue weighted by Crippen LogP contribution is -2.03. The van der Waals surface area contributed by atoms with E-state index in [4.69, 9.17) is 15.2 Å². The number of rotatable bonds is 5. The smallest absolute Gasteiger partial charge is 0.127 e. The summed E-state index contributed by atoms with van der Waals surface area (Å²) >= 11 is 0. The van der Waals surface area contributed by atoms with Gasteiger partial charge in [0, 0.05) is 18.2 Å². The Hall–Kier alpha value is -2.07. The molecular weight excluding hydrogens is 245 g/mol. The molecule has 3 nitrogen and oxygen atoms in total. The Morgan fingerprint density at radius 3 is 2.47 bits per heavy atom. The van der Waals surface area contributed by atoms with Crippen LogP contribution in [-0.2, 0) is 13.2 Å². The predicted octanol–water partition coefficient (Wildman–Crippen LogP) is 2.87. The fourth-order valence-corrected chi connectivity index (χ4v) is 1.71. The van der Waals surface area contributed by atoms with E-state index in [1.54, 1.807) is 25.3 Å². The van der Waals surface area contributed by atoms with Crippen molar-refractivity contribution in [3.63, 3.8) is 0 Å². The molecular formula is C15H16FNO2. The zero-order valence-corrected chi connectivity index (χ0v) is 10.7. The minimum absolute atomic E-state index is 0.257. The first-order chi connectivity index (χ1) is 9.22. The second kappa shape index (κ2) is 6.20. The third-order valence-electron chi connectivity index (χ3n) is 2.80. The van der Waals surface area contributed by atoms with Crippen LogP contribution in [0.5, 0.6) is 11.5 Å². The third-order valence-corrected chi connectivity index (χ3v) is 2.80. The van der Waals surface area contributed by atoms with Gasteiger partial charge in [-0.3, -0.25) is 0 Å². The van der Waals surface area contributed by atoms with Crippen LogP contribution in [0.4, 0.5) is 4.39 Å². The second-order valence-corrected chi connectivity index (χ2v) is 4.09. The Kier molecular flexibility index (Phi) is 4.36. The van der Waals surface area contributed by atoms with Crippen LogP contribution in [0.2, 0.25) is 0 Å². The van der Waals surface area contributed by atoms with Crippen molar-refractivity contribution in [3.8, 4) is 11.5 Å². The van der Waals surface area contributed by atoms with Crippen LogP contribution < -0.4 is 15.2 Å². The number of halogens is 1. The van der Waals surface area contributed by atoms with Gasteiger partial charge in [0.25, 0.3) is 0 Å². The van der Waals surface area contributed by atoms with E-state index in [2.05, 4.69) is 0 Å². The maximum absolute atomic E-state index is 12.8. The summed E-state index contributed by atoms with van der Waals surface area (Å²) in [5.74, 6) is 1.14. The predicted molar refractivity (Wildman–Crippen MR) is 71.6 cm³/mol. The van der Waals surface area contributed by atoms with Gasteiger partial charge in [0.15, 0.2) is 0 Å². The van der Waals surface area contributed by atoms with Crippen LogP contribution in [0.15, 0.2) is 42.5 Å². The number of hydrogen-bond donors (Lipinski definition) is 1. The molecule has 0 aliphatic rings. The molecule has 2 rings (SSSR count). The van der Waals surface area contributed by atoms with E-state index in [0.717, 1.165) is 11.1 Å². The highest BCUT2D eigenvalue weighted by atomic mass is 19.1. The summed E-state index contributed by atoms with van der Waals surface area (Å²) < 4.78 is 23.7. The zero-order valence-electron chi connectivity index (χ0n) is 10.7. The molecule has 0 spiro atoms. The molecule has 0 amide bonds. The fraction of sp³-hybridized carbons (Fsp3) is 0.200. The molecule has 0 aliphatic carbocycles. The van der Waals surface area contributed by atoms with E-state index in [0.29, 0.717) is 24.7 Å². The topological polar surface area (TPSA) is 44.5 Å². The molecule has 0 atom stereocenters. The molecule has 0 heterocycles. The maximum Gasteiger partial charge on any atom is 0.127 e. The summed E-state index contributed by atoms with van der Waals surface area (Å²) in [7, 11) is 1.60. The van der Waals surface area contributed by atoms with Gasteiger partial charge < -0.3 is 15.2 Å². The molecule has 0 saturated heterocycles. The third kappa shape index (κ3) is 3.45. The van der Waals surface area contributed by atoms with E-state index in [9.17, 15) is 4.39 Å². The molecule has 0 bridgehead atoms. The summed E-state index contributed by atoms with van der Waals surface area (Å²) in [6.07, 6.45) is 0. The highest BCUT2D eigenvalue weighted by molar-refractivity contribution is 5.40. The molecule has 100 valence electrons. The minimum atomic E-state index is -0.257. The number of methoxy groups -OCH3 is 1. The molecule has 0 fully saturated rings. The van der Waals surface area contributed by atoms with E-state index in [1.807, 2.05) is 12.1 Å². The van der Waals surface area contributed by atoms with Crippen LogP contribution in [0.3, 0.4) is 0 Å². The molecule has 19 heavy (non-hydrogen) atoms. The number of nitrogens with two attached hydrogens (primary N) is 1. The van der Waals surface area contributed by atoms with Crippen LogP contribution in [-0.4, -0.2) is 7.11 Å². The van der Waals surface area contributed by atoms with Gasteiger partial charge in [-0.1, -0.05) is 18.2 Å². The molecule has 0 aliphatic heterocycles. The average Bonchev–Trinajstić information content (AvgIpc) is 2.46. The van der Waals surface area contributed by atoms with Gasteiger partial charge in [0.2, 0.25) is 0 Å². The van der Waals surface area contributed by atoms with Gasteiger partial charge in [-0.15, -0.1) is 0 Å². The van der Waals surface area contributed by atoms with Gasteiger partial charge in [0.1, 0.15) is 23.9 Å². The van der Waals surface area contributed by atoms with Crippen LogP contribution in [0, 0.1) is 5.82 Å². The second-order valence-electron chi connectivity index (χ2n) is 4.09. The van der Waals surface area contributed by atoms with E-state index in [-0.39, 0.29) is 5.82 Å². The molecule has 0 saturated carbocycles. The van der Waals surface area contributed by atoms with Crippen molar-refractivity contribution in [2.45, 2.75) is 13.2 Å². The van der Waals surface area contributed by atoms with Gasteiger partial charge in [-0.25, -0.2) is 4.39 Å². The molecule has 2 N–H and O–H groups in total. The number of hydrogen-bond acceptors (Lipinski definition) is 3. The average molecular weight is 261 g/mol. The van der Waals surface area contributed by atoms with Gasteiger partial charge in [-0.05, 0) is 23.8 Å². The summed E-state index contributed by atoms with van der Waals surface area (Å²) in [4.78, 5) is 0. The monoisotopic (exact) mass is 261 g/mol. The molecule has 2 aromatic rings. The van der Waals surface area contributed by atoms with Crippen molar-refractivity contribution in [3.05, 3.63) is 59.4 Å². The lowest BCUT2D eigenvalue weighted by molar-refractivity contribution is 0.300. The highest BCUT2D eigenvalue weighted by Gasteiger charge is 2.05. The molecule has 0 unspecified atom stereocenters. The van der Waals surface area contributed by atoms with E-state index in [1.165, 1.54) is 12.1 Å². The zero-order chi connectivity index (χ0) is 13.7. The van der Waals surface area contributed by atoms with E-state index < -0.39 is 0 Å². The Balaban J connectivity index is 2.11.